The Morgan fingerprint density at radius 2 is 0.958 bits per heavy atom. The Kier molecular flexibility index (Phi) is 13.6. The van der Waals surface area contributed by atoms with Crippen LogP contribution in [0.5, 0.6) is 0 Å². The maximum atomic E-state index is 8.25. The summed E-state index contributed by atoms with van der Waals surface area (Å²) in [6, 6.07) is 29.3. The van der Waals surface area contributed by atoms with Crippen molar-refractivity contribution in [3.8, 4) is 0 Å². The fraction of sp³-hybridized carbons (Fsp3) is 0.0952. The van der Waals surface area contributed by atoms with Gasteiger partial charge in [0.1, 0.15) is 0 Å². The molecule has 0 aromatic heterocycles. The quantitative estimate of drug-likeness (QED) is 0.360. The standard InChI is InChI=1S/2C9H7.2CH3O.CH2.Ti/c2*1-2-5-9-7-3-6-8(9)4-1;2*1-2;;/h2*1-7H;2*1H3;1H2;/q4*-1;;+2. The summed E-state index contributed by atoms with van der Waals surface area (Å²) in [5, 5.41) is 21.8. The third-order valence-electron chi connectivity index (χ3n) is 3.10. The molecule has 24 heavy (non-hydrogen) atoms. The smallest absolute Gasteiger partial charge is 0.0809 e. The molecule has 3 heteroatoms. The number of hydrogen-bond acceptors (Lipinski definition) is 2. The van der Waals surface area contributed by atoms with Crippen LogP contribution in [0.4, 0.5) is 0 Å². The minimum Gasteiger partial charge on any atom is -0.168 e. The van der Waals surface area contributed by atoms with Crippen molar-refractivity contribution in [1.82, 2.24) is 0 Å². The van der Waals surface area contributed by atoms with Crippen LogP contribution in [-0.2, 0) is 20.0 Å². The molecule has 4 rings (SSSR count). The van der Waals surface area contributed by atoms with E-state index >= 15 is 0 Å². The van der Waals surface area contributed by atoms with Crippen LogP contribution in [0.25, 0.3) is 21.5 Å². The van der Waals surface area contributed by atoms with Gasteiger partial charge in [-0.15, -0.1) is 59.3 Å². The predicted octanol–water partition coefficient (Wildman–Crippen LogP) is 3.04. The average molecular weight is 354 g/mol. The summed E-state index contributed by atoms with van der Waals surface area (Å²) >= 11 is 1.75. The fourth-order valence-electron chi connectivity index (χ4n) is 2.14. The van der Waals surface area contributed by atoms with Crippen molar-refractivity contribution in [2.75, 3.05) is 14.2 Å². The minimum absolute atomic E-state index is 0.750. The van der Waals surface area contributed by atoms with Gasteiger partial charge < -0.3 is 10.2 Å². The molecule has 0 fully saturated rings. The van der Waals surface area contributed by atoms with Gasteiger partial charge in [-0.25, -0.2) is 0 Å². The maximum absolute atomic E-state index is 8.25. The van der Waals surface area contributed by atoms with Crippen molar-refractivity contribution in [3.63, 3.8) is 0 Å². The molecular formula is C21H22O2Ti-2. The third kappa shape index (κ3) is 7.16. The zero-order valence-electron chi connectivity index (χ0n) is 14.1. The first-order chi connectivity index (χ1) is 11.9. The van der Waals surface area contributed by atoms with E-state index in [1.807, 2.05) is 0 Å². The van der Waals surface area contributed by atoms with E-state index in [1.165, 1.54) is 21.5 Å². The second-order valence-corrected chi connectivity index (χ2v) is 4.31. The molecule has 0 saturated heterocycles. The molecule has 124 valence electrons. The monoisotopic (exact) mass is 354 g/mol. The van der Waals surface area contributed by atoms with Crippen LogP contribution in [0, 0.1) is 0 Å². The van der Waals surface area contributed by atoms with E-state index in [9.17, 15) is 0 Å². The molecule has 0 amide bonds. The van der Waals surface area contributed by atoms with Gasteiger partial charge >= 0.3 is 24.8 Å². The van der Waals surface area contributed by atoms with Gasteiger partial charge in [0, 0.05) is 0 Å². The van der Waals surface area contributed by atoms with E-state index < -0.39 is 0 Å². The number of fused-ring (bicyclic) bond motifs is 2. The van der Waals surface area contributed by atoms with Gasteiger partial charge in [-0.05, 0) is 0 Å². The first-order valence-electron chi connectivity index (χ1n) is 7.31. The van der Waals surface area contributed by atoms with Crippen LogP contribution in [-0.4, -0.2) is 19.0 Å². The third-order valence-corrected chi connectivity index (χ3v) is 3.10. The van der Waals surface area contributed by atoms with Gasteiger partial charge in [-0.1, -0.05) is 12.1 Å². The summed E-state index contributed by atoms with van der Waals surface area (Å²) in [6.45, 7) is 0. The van der Waals surface area contributed by atoms with Gasteiger partial charge in [-0.3, -0.25) is 0 Å². The Balaban J connectivity index is 0.000000338. The zero-order valence-corrected chi connectivity index (χ0v) is 15.7. The Hall–Kier alpha value is -1.84. The topological polar surface area (TPSA) is 46.1 Å². The molecule has 4 aromatic rings. The number of rotatable bonds is 0. The summed E-state index contributed by atoms with van der Waals surface area (Å²) < 4.78 is 0. The SMILES string of the molecule is C[O-].C[O-].[CH2]=[Ti+2].c1ccc2[cH-]ccc2c1.c1ccc2[cH-]ccc2c1. The molecule has 2 nitrogen and oxygen atoms in total. The second-order valence-electron chi connectivity index (χ2n) is 4.31. The van der Waals surface area contributed by atoms with Crippen LogP contribution in [0.2, 0.25) is 0 Å². The van der Waals surface area contributed by atoms with E-state index in [1.54, 1.807) is 20.0 Å². The molecule has 0 heterocycles. The van der Waals surface area contributed by atoms with Gasteiger partial charge in [0.05, 0.1) is 0 Å². The Bertz CT molecular complexity index is 645. The Morgan fingerprint density at radius 1 is 0.625 bits per heavy atom. The second kappa shape index (κ2) is 14.7. The van der Waals surface area contributed by atoms with Crippen molar-refractivity contribution in [3.05, 3.63) is 84.9 Å². The summed E-state index contributed by atoms with van der Waals surface area (Å²) in [5.74, 6) is 0. The van der Waals surface area contributed by atoms with Crippen molar-refractivity contribution in [2.24, 2.45) is 0 Å². The van der Waals surface area contributed by atoms with Crippen molar-refractivity contribution in [2.45, 2.75) is 0 Å². The van der Waals surface area contributed by atoms with Crippen molar-refractivity contribution < 1.29 is 30.2 Å². The van der Waals surface area contributed by atoms with Crippen LogP contribution in [0.15, 0.2) is 84.9 Å². The predicted molar refractivity (Wildman–Crippen MR) is 98.1 cm³/mol. The van der Waals surface area contributed by atoms with Crippen LogP contribution in [0.1, 0.15) is 0 Å². The molecule has 0 saturated carbocycles. The van der Waals surface area contributed by atoms with Gasteiger partial charge in [-0.2, -0.15) is 49.3 Å². The zero-order chi connectivity index (χ0) is 18.2. The van der Waals surface area contributed by atoms with E-state index in [2.05, 4.69) is 89.7 Å². The first kappa shape index (κ1) is 22.2. The Morgan fingerprint density at radius 3 is 1.29 bits per heavy atom. The number of hydrogen-bond donors (Lipinski definition) is 0. The Labute approximate surface area is 155 Å². The van der Waals surface area contributed by atoms with E-state index in [-0.39, 0.29) is 0 Å². The van der Waals surface area contributed by atoms with E-state index in [4.69, 9.17) is 10.2 Å². The van der Waals surface area contributed by atoms with Gasteiger partial charge in [0.25, 0.3) is 0 Å². The molecule has 0 atom stereocenters. The summed E-state index contributed by atoms with van der Waals surface area (Å²) in [6.07, 6.45) is 0. The summed E-state index contributed by atoms with van der Waals surface area (Å²) in [4.78, 5) is 3.25. The molecule has 0 spiro atoms. The van der Waals surface area contributed by atoms with Gasteiger partial charge in [0.2, 0.25) is 0 Å². The van der Waals surface area contributed by atoms with Gasteiger partial charge in [0.15, 0.2) is 0 Å². The fourth-order valence-corrected chi connectivity index (χ4v) is 2.14. The molecule has 0 N–H and O–H groups in total. The van der Waals surface area contributed by atoms with E-state index in [0.29, 0.717) is 0 Å². The molecule has 0 aliphatic heterocycles. The summed E-state index contributed by atoms with van der Waals surface area (Å²) in [7, 11) is 1.50. The molecule has 0 unspecified atom stereocenters. The largest absolute Gasteiger partial charge is 0.168 e. The van der Waals surface area contributed by atoms with Crippen LogP contribution < -0.4 is 10.2 Å². The first-order valence-corrected chi connectivity index (χ1v) is 8.42. The normalized spacial score (nSPS) is 8.42. The van der Waals surface area contributed by atoms with Crippen molar-refractivity contribution >= 4 is 26.4 Å². The molecular weight excluding hydrogens is 332 g/mol. The molecule has 0 aliphatic carbocycles. The van der Waals surface area contributed by atoms with Crippen LogP contribution >= 0.6 is 0 Å². The molecule has 0 bridgehead atoms. The maximum Gasteiger partial charge on any atom is -0.0809 e. The van der Waals surface area contributed by atoms with Crippen molar-refractivity contribution in [1.29, 1.82) is 0 Å². The molecule has 0 aliphatic rings. The average Bonchev–Trinajstić information content (AvgIpc) is 3.36. The summed E-state index contributed by atoms with van der Waals surface area (Å²) in [5.41, 5.74) is 0. The number of benzene rings is 2. The van der Waals surface area contributed by atoms with E-state index in [0.717, 1.165) is 14.2 Å². The minimum atomic E-state index is 0.750. The van der Waals surface area contributed by atoms with Crippen LogP contribution in [0.3, 0.4) is 0 Å². The molecule has 0 radical (unpaired) electrons. The molecule has 4 aromatic carbocycles.